The van der Waals surface area contributed by atoms with Crippen molar-refractivity contribution in [1.29, 1.82) is 0 Å². The lowest BCUT2D eigenvalue weighted by molar-refractivity contribution is 0.0601. The highest BCUT2D eigenvalue weighted by molar-refractivity contribution is 5.90. The molecule has 1 saturated heterocycles. The summed E-state index contributed by atoms with van der Waals surface area (Å²) in [7, 11) is 1.41. The van der Waals surface area contributed by atoms with Crippen molar-refractivity contribution in [2.24, 2.45) is 0 Å². The molecular weight excluding hydrogens is 382 g/mol. The standard InChI is InChI=1S/C28H29NO2/c1-28(2)25-17-21(19-7-9-20(10-8-19)27(30)31-3)11-13-23(25)24-14-12-22(18-26(24)28)29-15-5-4-6-16-29/h7-14,17-18H,4-6,15-16H2,1-3H3. The Balaban J connectivity index is 1.51. The number of hydrogen-bond donors (Lipinski definition) is 0. The van der Waals surface area contributed by atoms with Gasteiger partial charge in [-0.1, -0.05) is 44.2 Å². The van der Waals surface area contributed by atoms with Gasteiger partial charge >= 0.3 is 5.97 Å². The van der Waals surface area contributed by atoms with E-state index < -0.39 is 0 Å². The van der Waals surface area contributed by atoms with Gasteiger partial charge in [0.15, 0.2) is 0 Å². The van der Waals surface area contributed by atoms with E-state index in [2.05, 4.69) is 55.1 Å². The second-order valence-corrected chi connectivity index (χ2v) is 9.23. The average molecular weight is 412 g/mol. The molecule has 31 heavy (non-hydrogen) atoms. The van der Waals surface area contributed by atoms with Crippen molar-refractivity contribution >= 4 is 11.7 Å². The first kappa shape index (κ1) is 19.9. The molecular formula is C28H29NO2. The summed E-state index contributed by atoms with van der Waals surface area (Å²) in [6.45, 7) is 7.00. The molecule has 0 unspecified atom stereocenters. The van der Waals surface area contributed by atoms with E-state index in [-0.39, 0.29) is 11.4 Å². The summed E-state index contributed by atoms with van der Waals surface area (Å²) in [4.78, 5) is 14.3. The number of nitrogens with zero attached hydrogens (tertiary/aromatic N) is 1. The number of piperidine rings is 1. The highest BCUT2D eigenvalue weighted by Crippen LogP contribution is 2.50. The summed E-state index contributed by atoms with van der Waals surface area (Å²) >= 11 is 0. The molecule has 0 N–H and O–H groups in total. The van der Waals surface area contributed by atoms with Gasteiger partial charge in [-0.25, -0.2) is 4.79 Å². The van der Waals surface area contributed by atoms with E-state index in [4.69, 9.17) is 4.74 Å². The van der Waals surface area contributed by atoms with Gasteiger partial charge in [-0.05, 0) is 83.0 Å². The Morgan fingerprint density at radius 1 is 0.806 bits per heavy atom. The molecule has 0 amide bonds. The van der Waals surface area contributed by atoms with E-state index in [1.54, 1.807) is 0 Å². The van der Waals surface area contributed by atoms with E-state index in [0.29, 0.717) is 5.56 Å². The molecule has 0 aromatic heterocycles. The Hall–Kier alpha value is -3.07. The molecule has 3 heteroatoms. The summed E-state index contributed by atoms with van der Waals surface area (Å²) in [5.74, 6) is -0.304. The lowest BCUT2D eigenvalue weighted by atomic mass is 9.81. The van der Waals surface area contributed by atoms with Gasteiger partial charge in [0.2, 0.25) is 0 Å². The quantitative estimate of drug-likeness (QED) is 0.465. The zero-order valence-corrected chi connectivity index (χ0v) is 18.6. The van der Waals surface area contributed by atoms with Gasteiger partial charge in [-0.3, -0.25) is 0 Å². The number of ether oxygens (including phenoxy) is 1. The van der Waals surface area contributed by atoms with Gasteiger partial charge in [-0.15, -0.1) is 0 Å². The van der Waals surface area contributed by atoms with Crippen LogP contribution in [0.4, 0.5) is 5.69 Å². The van der Waals surface area contributed by atoms with Crippen molar-refractivity contribution in [2.75, 3.05) is 25.1 Å². The number of anilines is 1. The SMILES string of the molecule is COC(=O)c1ccc(-c2ccc3c(c2)C(C)(C)c2cc(N4CCCCC4)ccc2-3)cc1. The first-order valence-corrected chi connectivity index (χ1v) is 11.2. The zero-order chi connectivity index (χ0) is 21.6. The summed E-state index contributed by atoms with van der Waals surface area (Å²) in [5, 5.41) is 0. The third-order valence-corrected chi connectivity index (χ3v) is 7.02. The average Bonchev–Trinajstić information content (AvgIpc) is 3.05. The van der Waals surface area contributed by atoms with Crippen LogP contribution in [0.3, 0.4) is 0 Å². The number of fused-ring (bicyclic) bond motifs is 3. The topological polar surface area (TPSA) is 29.5 Å². The van der Waals surface area contributed by atoms with Crippen LogP contribution in [0.2, 0.25) is 0 Å². The van der Waals surface area contributed by atoms with Crippen molar-refractivity contribution in [1.82, 2.24) is 0 Å². The molecule has 1 aliphatic heterocycles. The summed E-state index contributed by atoms with van der Waals surface area (Å²) in [6.07, 6.45) is 3.93. The van der Waals surface area contributed by atoms with Crippen molar-refractivity contribution in [3.8, 4) is 22.3 Å². The fourth-order valence-corrected chi connectivity index (χ4v) is 5.17. The molecule has 1 fully saturated rings. The fraction of sp³-hybridized carbons (Fsp3) is 0.321. The third-order valence-electron chi connectivity index (χ3n) is 7.02. The lowest BCUT2D eigenvalue weighted by Crippen LogP contribution is -2.29. The van der Waals surface area contributed by atoms with Gasteiger partial charge < -0.3 is 9.64 Å². The number of carbonyl (C=O) groups excluding carboxylic acids is 1. The molecule has 158 valence electrons. The number of rotatable bonds is 3. The molecule has 0 atom stereocenters. The Labute approximate surface area is 184 Å². The van der Waals surface area contributed by atoms with Gasteiger partial charge in [-0.2, -0.15) is 0 Å². The smallest absolute Gasteiger partial charge is 0.337 e. The van der Waals surface area contributed by atoms with E-state index in [1.165, 1.54) is 59.9 Å². The Morgan fingerprint density at radius 2 is 1.42 bits per heavy atom. The Bertz CT molecular complexity index is 1140. The minimum atomic E-state index is -0.304. The number of carbonyl (C=O) groups is 1. The second kappa shape index (κ2) is 7.56. The molecule has 3 nitrogen and oxygen atoms in total. The van der Waals surface area contributed by atoms with Crippen LogP contribution in [0.15, 0.2) is 60.7 Å². The van der Waals surface area contributed by atoms with Crippen molar-refractivity contribution in [3.63, 3.8) is 0 Å². The molecule has 0 spiro atoms. The molecule has 0 saturated carbocycles. The maximum absolute atomic E-state index is 11.7. The molecule has 5 rings (SSSR count). The third kappa shape index (κ3) is 3.33. The molecule has 3 aromatic carbocycles. The van der Waals surface area contributed by atoms with E-state index in [0.717, 1.165) is 18.7 Å². The predicted molar refractivity (Wildman–Crippen MR) is 127 cm³/mol. The van der Waals surface area contributed by atoms with Crippen molar-refractivity contribution in [3.05, 3.63) is 77.4 Å². The summed E-state index contributed by atoms with van der Waals surface area (Å²) in [6, 6.07) is 21.5. The van der Waals surface area contributed by atoms with E-state index in [9.17, 15) is 4.79 Å². The molecule has 1 heterocycles. The highest BCUT2D eigenvalue weighted by Gasteiger charge is 2.36. The monoisotopic (exact) mass is 411 g/mol. The molecule has 3 aromatic rings. The van der Waals surface area contributed by atoms with Crippen LogP contribution in [-0.2, 0) is 10.2 Å². The number of methoxy groups -OCH3 is 1. The minimum absolute atomic E-state index is 0.0432. The van der Waals surface area contributed by atoms with Crippen LogP contribution in [0.5, 0.6) is 0 Å². The molecule has 0 bridgehead atoms. The number of esters is 1. The molecule has 2 aliphatic rings. The van der Waals surface area contributed by atoms with Crippen LogP contribution in [0.25, 0.3) is 22.3 Å². The van der Waals surface area contributed by atoms with Gasteiger partial charge in [0.05, 0.1) is 12.7 Å². The van der Waals surface area contributed by atoms with Crippen LogP contribution in [0, 0.1) is 0 Å². The first-order chi connectivity index (χ1) is 15.0. The van der Waals surface area contributed by atoms with Gasteiger partial charge in [0, 0.05) is 24.2 Å². The second-order valence-electron chi connectivity index (χ2n) is 9.23. The first-order valence-electron chi connectivity index (χ1n) is 11.2. The van der Waals surface area contributed by atoms with E-state index in [1.807, 2.05) is 24.3 Å². The fourth-order valence-electron chi connectivity index (χ4n) is 5.17. The highest BCUT2D eigenvalue weighted by atomic mass is 16.5. The Kier molecular flexibility index (Phi) is 4.85. The van der Waals surface area contributed by atoms with Gasteiger partial charge in [0.1, 0.15) is 0 Å². The van der Waals surface area contributed by atoms with Crippen LogP contribution in [0.1, 0.15) is 54.6 Å². The maximum Gasteiger partial charge on any atom is 0.337 e. The van der Waals surface area contributed by atoms with Crippen molar-refractivity contribution in [2.45, 2.75) is 38.5 Å². The van der Waals surface area contributed by atoms with Crippen molar-refractivity contribution < 1.29 is 9.53 Å². The zero-order valence-electron chi connectivity index (χ0n) is 18.6. The summed E-state index contributed by atoms with van der Waals surface area (Å²) in [5.41, 5.74) is 9.65. The number of hydrogen-bond acceptors (Lipinski definition) is 3. The number of benzene rings is 3. The normalized spacial score (nSPS) is 16.5. The maximum atomic E-state index is 11.7. The molecule has 1 aliphatic carbocycles. The Morgan fingerprint density at radius 3 is 2.10 bits per heavy atom. The van der Waals surface area contributed by atoms with Crippen LogP contribution in [-0.4, -0.2) is 26.2 Å². The predicted octanol–water partition coefficient (Wildman–Crippen LogP) is 6.44. The molecule has 0 radical (unpaired) electrons. The minimum Gasteiger partial charge on any atom is -0.465 e. The van der Waals surface area contributed by atoms with Gasteiger partial charge in [0.25, 0.3) is 0 Å². The summed E-state index contributed by atoms with van der Waals surface area (Å²) < 4.78 is 4.82. The largest absolute Gasteiger partial charge is 0.465 e. The van der Waals surface area contributed by atoms with Crippen LogP contribution < -0.4 is 4.90 Å². The van der Waals surface area contributed by atoms with E-state index >= 15 is 0 Å². The lowest BCUT2D eigenvalue weighted by Gasteiger charge is -2.30. The van der Waals surface area contributed by atoms with Crippen LogP contribution >= 0.6 is 0 Å².